The molecule has 2 unspecified atom stereocenters. The number of thiophene rings is 1. The standard InChI is InChI=1S/C24H31N7OS/c1-15-13-31-21(27-22(15)29-10-7-17(25)14-29)12-18(28-31)19-6-2-3-9-30(19)24(32)20-11-16-5-4-8-26-23(16)33-20/h11-13,17,19,26H,2-10,14,25H2,1H3. The Morgan fingerprint density at radius 2 is 2.12 bits per heavy atom. The molecule has 2 fully saturated rings. The second-order valence-corrected chi connectivity index (χ2v) is 10.7. The van der Waals surface area contributed by atoms with Crippen molar-refractivity contribution in [3.8, 4) is 0 Å². The Balaban J connectivity index is 1.30. The van der Waals surface area contributed by atoms with Gasteiger partial charge in [-0.2, -0.15) is 5.10 Å². The van der Waals surface area contributed by atoms with Crippen LogP contribution in [0.4, 0.5) is 10.8 Å². The van der Waals surface area contributed by atoms with Gasteiger partial charge in [0.05, 0.1) is 21.6 Å². The molecule has 3 N–H and O–H groups in total. The normalized spacial score (nSPS) is 23.1. The molecule has 0 saturated carbocycles. The summed E-state index contributed by atoms with van der Waals surface area (Å²) in [7, 11) is 0. The third kappa shape index (κ3) is 3.77. The monoisotopic (exact) mass is 465 g/mol. The average molecular weight is 466 g/mol. The highest BCUT2D eigenvalue weighted by molar-refractivity contribution is 7.18. The van der Waals surface area contributed by atoms with E-state index in [4.69, 9.17) is 15.8 Å². The van der Waals surface area contributed by atoms with Gasteiger partial charge in [-0.1, -0.05) is 0 Å². The number of aromatic nitrogens is 3. The van der Waals surface area contributed by atoms with Gasteiger partial charge in [-0.25, -0.2) is 9.50 Å². The fourth-order valence-corrected chi connectivity index (χ4v) is 6.55. The highest BCUT2D eigenvalue weighted by Crippen LogP contribution is 2.37. The van der Waals surface area contributed by atoms with E-state index in [-0.39, 0.29) is 18.0 Å². The minimum Gasteiger partial charge on any atom is -0.377 e. The molecule has 6 heterocycles. The molecule has 9 heteroatoms. The molecule has 6 rings (SSSR count). The number of nitrogens with one attached hydrogen (secondary N) is 1. The molecule has 2 saturated heterocycles. The zero-order valence-electron chi connectivity index (χ0n) is 19.1. The van der Waals surface area contributed by atoms with Crippen LogP contribution >= 0.6 is 11.3 Å². The molecule has 0 spiro atoms. The zero-order chi connectivity index (χ0) is 22.5. The SMILES string of the molecule is Cc1cn2nc(C3CCCCN3C(=O)c3cc4c(s3)NCCC4)cc2nc1N1CCC(N)C1. The second-order valence-electron chi connectivity index (χ2n) is 9.62. The van der Waals surface area contributed by atoms with Crippen LogP contribution in [0.5, 0.6) is 0 Å². The van der Waals surface area contributed by atoms with E-state index in [1.807, 2.05) is 9.42 Å². The van der Waals surface area contributed by atoms with Gasteiger partial charge < -0.3 is 20.9 Å². The highest BCUT2D eigenvalue weighted by Gasteiger charge is 2.32. The van der Waals surface area contributed by atoms with E-state index in [0.717, 1.165) is 92.3 Å². The Labute approximate surface area is 197 Å². The Kier molecular flexibility index (Phi) is 5.25. The number of hydrogen-bond donors (Lipinski definition) is 2. The molecule has 2 atom stereocenters. The molecule has 3 aliphatic heterocycles. The fourth-order valence-electron chi connectivity index (χ4n) is 5.46. The van der Waals surface area contributed by atoms with E-state index in [9.17, 15) is 4.79 Å². The third-order valence-corrected chi connectivity index (χ3v) is 8.30. The molecule has 3 aliphatic rings. The van der Waals surface area contributed by atoms with Crippen molar-refractivity contribution < 1.29 is 4.79 Å². The number of aryl methyl sites for hydroxylation is 2. The summed E-state index contributed by atoms with van der Waals surface area (Å²) >= 11 is 1.60. The first-order chi connectivity index (χ1) is 16.1. The van der Waals surface area contributed by atoms with Crippen molar-refractivity contribution in [1.82, 2.24) is 19.5 Å². The molecular formula is C24H31N7OS. The van der Waals surface area contributed by atoms with Crippen LogP contribution in [0, 0.1) is 6.92 Å². The Morgan fingerprint density at radius 3 is 2.94 bits per heavy atom. The van der Waals surface area contributed by atoms with E-state index >= 15 is 0 Å². The predicted molar refractivity (Wildman–Crippen MR) is 131 cm³/mol. The Hall–Kier alpha value is -2.65. The lowest BCUT2D eigenvalue weighted by molar-refractivity contribution is 0.0610. The number of anilines is 2. The largest absolute Gasteiger partial charge is 0.377 e. The van der Waals surface area contributed by atoms with Crippen molar-refractivity contribution in [2.75, 3.05) is 36.4 Å². The van der Waals surface area contributed by atoms with Crippen molar-refractivity contribution >= 4 is 33.7 Å². The Bertz CT molecular complexity index is 1180. The molecule has 0 bridgehead atoms. The van der Waals surface area contributed by atoms with E-state index in [1.165, 1.54) is 10.6 Å². The first kappa shape index (κ1) is 20.9. The van der Waals surface area contributed by atoms with E-state index in [2.05, 4.69) is 35.5 Å². The average Bonchev–Trinajstić information content (AvgIpc) is 3.55. The van der Waals surface area contributed by atoms with Crippen molar-refractivity contribution in [2.45, 2.75) is 57.5 Å². The van der Waals surface area contributed by atoms with Gasteiger partial charge in [-0.3, -0.25) is 4.79 Å². The van der Waals surface area contributed by atoms with Crippen LogP contribution in [0.2, 0.25) is 0 Å². The molecule has 0 aliphatic carbocycles. The predicted octanol–water partition coefficient (Wildman–Crippen LogP) is 3.36. The first-order valence-electron chi connectivity index (χ1n) is 12.1. The number of likely N-dealkylation sites (tertiary alicyclic amines) is 1. The van der Waals surface area contributed by atoms with Crippen LogP contribution in [0.15, 0.2) is 18.3 Å². The zero-order valence-corrected chi connectivity index (χ0v) is 19.9. The lowest BCUT2D eigenvalue weighted by Gasteiger charge is -2.34. The van der Waals surface area contributed by atoms with Gasteiger partial charge in [0.15, 0.2) is 5.65 Å². The van der Waals surface area contributed by atoms with Crippen LogP contribution in [-0.4, -0.2) is 57.6 Å². The number of nitrogens with zero attached hydrogens (tertiary/aromatic N) is 5. The number of piperidine rings is 1. The number of hydrogen-bond acceptors (Lipinski definition) is 7. The van der Waals surface area contributed by atoms with E-state index in [0.29, 0.717) is 0 Å². The number of nitrogens with two attached hydrogens (primary N) is 1. The van der Waals surface area contributed by atoms with Gasteiger partial charge in [-0.05, 0) is 57.1 Å². The summed E-state index contributed by atoms with van der Waals surface area (Å²) in [5.41, 5.74) is 10.3. The number of rotatable bonds is 3. The minimum atomic E-state index is -0.0102. The maximum Gasteiger partial charge on any atom is 0.264 e. The summed E-state index contributed by atoms with van der Waals surface area (Å²) in [5, 5.41) is 9.50. The summed E-state index contributed by atoms with van der Waals surface area (Å²) < 4.78 is 1.87. The maximum atomic E-state index is 13.6. The summed E-state index contributed by atoms with van der Waals surface area (Å²) in [4.78, 5) is 23.7. The van der Waals surface area contributed by atoms with Crippen LogP contribution in [0.1, 0.15) is 64.6 Å². The van der Waals surface area contributed by atoms with Crippen molar-refractivity contribution in [3.63, 3.8) is 0 Å². The van der Waals surface area contributed by atoms with Gasteiger partial charge >= 0.3 is 0 Å². The van der Waals surface area contributed by atoms with Crippen LogP contribution in [-0.2, 0) is 6.42 Å². The van der Waals surface area contributed by atoms with Crippen molar-refractivity contribution in [1.29, 1.82) is 0 Å². The highest BCUT2D eigenvalue weighted by atomic mass is 32.1. The van der Waals surface area contributed by atoms with E-state index in [1.54, 1.807) is 11.3 Å². The number of fused-ring (bicyclic) bond motifs is 2. The number of carbonyl (C=O) groups is 1. The lowest BCUT2D eigenvalue weighted by Crippen LogP contribution is -2.38. The molecule has 3 aromatic rings. The summed E-state index contributed by atoms with van der Waals surface area (Å²) in [6, 6.07) is 4.37. The van der Waals surface area contributed by atoms with Crippen molar-refractivity contribution in [2.24, 2.45) is 5.73 Å². The van der Waals surface area contributed by atoms with Gasteiger partial charge in [0.25, 0.3) is 5.91 Å². The van der Waals surface area contributed by atoms with Gasteiger partial charge in [-0.15, -0.1) is 11.3 Å². The van der Waals surface area contributed by atoms with Gasteiger partial charge in [0, 0.05) is 50.0 Å². The van der Waals surface area contributed by atoms with Crippen LogP contribution in [0.25, 0.3) is 5.65 Å². The van der Waals surface area contributed by atoms with Crippen molar-refractivity contribution in [3.05, 3.63) is 40.0 Å². The molecule has 174 valence electrons. The number of amides is 1. The molecule has 0 aromatic carbocycles. The number of carbonyl (C=O) groups excluding carboxylic acids is 1. The maximum absolute atomic E-state index is 13.6. The minimum absolute atomic E-state index is 0.0102. The Morgan fingerprint density at radius 1 is 1.21 bits per heavy atom. The van der Waals surface area contributed by atoms with Gasteiger partial charge in [0.1, 0.15) is 5.82 Å². The fraction of sp³-hybridized carbons (Fsp3) is 0.542. The molecule has 8 nitrogen and oxygen atoms in total. The van der Waals surface area contributed by atoms with E-state index < -0.39 is 0 Å². The third-order valence-electron chi connectivity index (χ3n) is 7.18. The smallest absolute Gasteiger partial charge is 0.264 e. The molecule has 33 heavy (non-hydrogen) atoms. The topological polar surface area (TPSA) is 91.8 Å². The van der Waals surface area contributed by atoms with Gasteiger partial charge in [0.2, 0.25) is 0 Å². The van der Waals surface area contributed by atoms with Crippen LogP contribution in [0.3, 0.4) is 0 Å². The lowest BCUT2D eigenvalue weighted by atomic mass is 9.99. The summed E-state index contributed by atoms with van der Waals surface area (Å²) in [5.74, 6) is 1.13. The molecular weight excluding hydrogens is 434 g/mol. The molecule has 1 amide bonds. The summed E-state index contributed by atoms with van der Waals surface area (Å²) in [6.07, 6.45) is 8.31. The quantitative estimate of drug-likeness (QED) is 0.616. The summed E-state index contributed by atoms with van der Waals surface area (Å²) in [6.45, 7) is 5.63. The van der Waals surface area contributed by atoms with Crippen LogP contribution < -0.4 is 16.0 Å². The second kappa shape index (κ2) is 8.29. The molecule has 3 aromatic heterocycles. The first-order valence-corrected chi connectivity index (χ1v) is 12.9. The molecule has 0 radical (unpaired) electrons.